The van der Waals surface area contributed by atoms with Gasteiger partial charge in [-0.15, -0.1) is 0 Å². The highest BCUT2D eigenvalue weighted by molar-refractivity contribution is 6.53. The van der Waals surface area contributed by atoms with Crippen molar-refractivity contribution in [1.29, 1.82) is 0 Å². The number of nitrogens with zero attached hydrogens (tertiary/aromatic N) is 1. The van der Waals surface area contributed by atoms with E-state index >= 15 is 0 Å². The molecule has 8 nitrogen and oxygen atoms in total. The predicted octanol–water partition coefficient (Wildman–Crippen LogP) is 6.64. The van der Waals surface area contributed by atoms with Crippen LogP contribution in [0.15, 0.2) is 77.5 Å². The fourth-order valence-corrected chi connectivity index (χ4v) is 4.14. The highest BCUT2D eigenvalue weighted by atomic mass is 35.5. The van der Waals surface area contributed by atoms with Gasteiger partial charge in [0, 0.05) is 16.9 Å². The van der Waals surface area contributed by atoms with E-state index in [-0.39, 0.29) is 32.0 Å². The molecule has 2 N–H and O–H groups in total. The van der Waals surface area contributed by atoms with Crippen molar-refractivity contribution in [2.45, 2.75) is 19.8 Å². The number of hydrogen-bond acceptors (Lipinski definition) is 6. The lowest BCUT2D eigenvalue weighted by atomic mass is 10.1. The van der Waals surface area contributed by atoms with E-state index in [1.54, 1.807) is 42.5 Å². The molecule has 11 heteroatoms. The summed E-state index contributed by atoms with van der Waals surface area (Å²) in [7, 11) is 0. The molecule has 0 saturated carbocycles. The molecule has 3 aromatic rings. The maximum Gasteiger partial charge on any atom is 0.338 e. The van der Waals surface area contributed by atoms with Crippen LogP contribution in [0.2, 0.25) is 10.0 Å². The molecule has 1 aliphatic heterocycles. The molecule has 0 aromatic heterocycles. The van der Waals surface area contributed by atoms with Crippen molar-refractivity contribution < 1.29 is 23.9 Å². The molecule has 4 rings (SSSR count). The van der Waals surface area contributed by atoms with Crippen molar-refractivity contribution in [3.05, 3.63) is 98.6 Å². The van der Waals surface area contributed by atoms with Gasteiger partial charge in [-0.05, 0) is 67.1 Å². The molecular formula is C28H22Cl3N3O5. The summed E-state index contributed by atoms with van der Waals surface area (Å²) in [6.07, 6.45) is 1.71. The molecule has 39 heavy (non-hydrogen) atoms. The molecule has 1 heterocycles. The van der Waals surface area contributed by atoms with Gasteiger partial charge in [0.2, 0.25) is 0 Å². The predicted molar refractivity (Wildman–Crippen MR) is 151 cm³/mol. The molecule has 0 saturated heterocycles. The minimum Gasteiger partial charge on any atom is -0.462 e. The average Bonchev–Trinajstić information content (AvgIpc) is 3.13. The number of carbonyl (C=O) groups excluding carboxylic acids is 4. The van der Waals surface area contributed by atoms with Crippen molar-refractivity contribution in [3.8, 4) is 0 Å². The monoisotopic (exact) mass is 585 g/mol. The molecule has 3 aromatic carbocycles. The molecule has 0 radical (unpaired) electrons. The molecular weight excluding hydrogens is 565 g/mol. The summed E-state index contributed by atoms with van der Waals surface area (Å²) in [5.74, 6) is -2.27. The van der Waals surface area contributed by atoms with Gasteiger partial charge in [-0.2, -0.15) is 0 Å². The van der Waals surface area contributed by atoms with Gasteiger partial charge in [0.25, 0.3) is 17.7 Å². The zero-order valence-electron chi connectivity index (χ0n) is 20.6. The summed E-state index contributed by atoms with van der Waals surface area (Å²) in [4.78, 5) is 51.6. The average molecular weight is 587 g/mol. The van der Waals surface area contributed by atoms with Gasteiger partial charge in [0.05, 0.1) is 27.9 Å². The standard InChI is InChI=1S/C28H22Cl3N3O5/c1-2-3-13-39-28(38)16-7-9-18(10-8-16)33-25(35)17-5-4-6-19(14-17)32-24-23(31)26(36)34(27(24)37)20-11-12-21(29)22(30)15-20/h4-12,14-15,32H,2-3,13H2,1H3,(H,33,35). The Kier molecular flexibility index (Phi) is 8.91. The van der Waals surface area contributed by atoms with Crippen molar-refractivity contribution in [2.75, 3.05) is 22.1 Å². The Hall–Kier alpha value is -3.85. The van der Waals surface area contributed by atoms with Gasteiger partial charge in [-0.1, -0.05) is 54.2 Å². The van der Waals surface area contributed by atoms with Crippen molar-refractivity contribution >= 4 is 75.6 Å². The number of benzene rings is 3. The highest BCUT2D eigenvalue weighted by Crippen LogP contribution is 2.33. The van der Waals surface area contributed by atoms with Crippen LogP contribution in [0.3, 0.4) is 0 Å². The Morgan fingerprint density at radius 2 is 1.59 bits per heavy atom. The van der Waals surface area contributed by atoms with Crippen molar-refractivity contribution in [1.82, 2.24) is 0 Å². The van der Waals surface area contributed by atoms with E-state index in [4.69, 9.17) is 39.5 Å². The first-order valence-corrected chi connectivity index (χ1v) is 13.0. The maximum absolute atomic E-state index is 13.0. The fourth-order valence-electron chi connectivity index (χ4n) is 3.64. The Labute approximate surface area is 239 Å². The summed E-state index contributed by atoms with van der Waals surface area (Å²) >= 11 is 18.2. The van der Waals surface area contributed by atoms with Crippen LogP contribution in [-0.2, 0) is 14.3 Å². The number of imide groups is 1. The van der Waals surface area contributed by atoms with Crippen LogP contribution in [0.5, 0.6) is 0 Å². The third-order valence-corrected chi connectivity index (χ3v) is 6.78. The summed E-state index contributed by atoms with van der Waals surface area (Å²) in [5.41, 5.74) is 1.56. The smallest absolute Gasteiger partial charge is 0.338 e. The molecule has 0 aliphatic carbocycles. The Bertz CT molecular complexity index is 1490. The van der Waals surface area contributed by atoms with Crippen LogP contribution in [0.25, 0.3) is 0 Å². The minimum atomic E-state index is -0.728. The van der Waals surface area contributed by atoms with E-state index < -0.39 is 23.7 Å². The number of esters is 1. The van der Waals surface area contributed by atoms with Gasteiger partial charge in [0.15, 0.2) is 0 Å². The highest BCUT2D eigenvalue weighted by Gasteiger charge is 2.39. The lowest BCUT2D eigenvalue weighted by molar-refractivity contribution is -0.120. The number of carbonyl (C=O) groups is 4. The third-order valence-electron chi connectivity index (χ3n) is 5.69. The van der Waals surface area contributed by atoms with E-state index in [1.807, 2.05) is 6.92 Å². The number of rotatable bonds is 9. The first-order valence-electron chi connectivity index (χ1n) is 11.9. The second-order valence-electron chi connectivity index (χ2n) is 8.46. The largest absolute Gasteiger partial charge is 0.462 e. The molecule has 0 unspecified atom stereocenters. The topological polar surface area (TPSA) is 105 Å². The zero-order valence-corrected chi connectivity index (χ0v) is 22.9. The Morgan fingerprint density at radius 1 is 0.846 bits per heavy atom. The molecule has 200 valence electrons. The van der Waals surface area contributed by atoms with Crippen LogP contribution in [0.4, 0.5) is 17.1 Å². The van der Waals surface area contributed by atoms with E-state index in [1.165, 1.54) is 24.3 Å². The van der Waals surface area contributed by atoms with Crippen LogP contribution < -0.4 is 15.5 Å². The third kappa shape index (κ3) is 6.42. The quantitative estimate of drug-likeness (QED) is 0.165. The van der Waals surface area contributed by atoms with Gasteiger partial charge in [0.1, 0.15) is 10.7 Å². The number of hydrogen-bond donors (Lipinski definition) is 2. The van der Waals surface area contributed by atoms with E-state index in [2.05, 4.69) is 10.6 Å². The Balaban J connectivity index is 1.44. The normalized spacial score (nSPS) is 13.1. The number of amides is 3. The van der Waals surface area contributed by atoms with E-state index in [9.17, 15) is 19.2 Å². The van der Waals surface area contributed by atoms with E-state index in [0.717, 1.165) is 17.7 Å². The number of unbranched alkanes of at least 4 members (excludes halogenated alkanes) is 1. The molecule has 0 atom stereocenters. The van der Waals surface area contributed by atoms with Gasteiger partial charge < -0.3 is 15.4 Å². The number of nitrogens with one attached hydrogen (secondary N) is 2. The summed E-state index contributed by atoms with van der Waals surface area (Å²) in [6.45, 7) is 2.36. The van der Waals surface area contributed by atoms with Crippen molar-refractivity contribution in [2.24, 2.45) is 0 Å². The van der Waals surface area contributed by atoms with Crippen LogP contribution in [0, 0.1) is 0 Å². The Morgan fingerprint density at radius 3 is 2.28 bits per heavy atom. The van der Waals surface area contributed by atoms with Crippen LogP contribution >= 0.6 is 34.8 Å². The van der Waals surface area contributed by atoms with Gasteiger partial charge in [-0.25, -0.2) is 9.69 Å². The van der Waals surface area contributed by atoms with Crippen LogP contribution in [0.1, 0.15) is 40.5 Å². The molecule has 0 spiro atoms. The second kappa shape index (κ2) is 12.3. The molecule has 0 fully saturated rings. The summed E-state index contributed by atoms with van der Waals surface area (Å²) in [6, 6.07) is 17.0. The minimum absolute atomic E-state index is 0.147. The summed E-state index contributed by atoms with van der Waals surface area (Å²) in [5, 5.41) is 5.73. The first-order chi connectivity index (χ1) is 18.7. The molecule has 3 amide bonds. The number of ether oxygens (including phenoxy) is 1. The van der Waals surface area contributed by atoms with Crippen LogP contribution in [-0.4, -0.2) is 30.3 Å². The zero-order chi connectivity index (χ0) is 28.1. The molecule has 0 bridgehead atoms. The van der Waals surface area contributed by atoms with Gasteiger partial charge >= 0.3 is 5.97 Å². The second-order valence-corrected chi connectivity index (χ2v) is 9.65. The number of halogens is 3. The SMILES string of the molecule is CCCCOC(=O)c1ccc(NC(=O)c2cccc(NC3=C(Cl)C(=O)N(c4ccc(Cl)c(Cl)c4)C3=O)c2)cc1. The number of anilines is 3. The van der Waals surface area contributed by atoms with Crippen molar-refractivity contribution in [3.63, 3.8) is 0 Å². The maximum atomic E-state index is 13.0. The summed E-state index contributed by atoms with van der Waals surface area (Å²) < 4.78 is 5.18. The lowest BCUT2D eigenvalue weighted by Gasteiger charge is -2.16. The first kappa shape index (κ1) is 28.2. The van der Waals surface area contributed by atoms with E-state index in [0.29, 0.717) is 23.5 Å². The van der Waals surface area contributed by atoms with Gasteiger partial charge in [-0.3, -0.25) is 14.4 Å². The lowest BCUT2D eigenvalue weighted by Crippen LogP contribution is -2.32. The molecule has 1 aliphatic rings. The fraction of sp³-hybridized carbons (Fsp3) is 0.143.